The number of piperidine rings is 1. The minimum atomic E-state index is 0.276. The average Bonchev–Trinajstić information content (AvgIpc) is 2.94. The average molecular weight is 337 g/mol. The number of likely N-dealkylation sites (tertiary alicyclic amines) is 1. The highest BCUT2D eigenvalue weighted by atomic mass is 35.5. The third kappa shape index (κ3) is 4.22. The second kappa shape index (κ2) is 7.44. The van der Waals surface area contributed by atoms with Crippen molar-refractivity contribution in [2.75, 3.05) is 19.6 Å². The highest BCUT2D eigenvalue weighted by molar-refractivity contribution is 7.09. The first kappa shape index (κ1) is 15.8. The zero-order chi connectivity index (χ0) is 15.4. The Balaban J connectivity index is 1.43. The van der Waals surface area contributed by atoms with Gasteiger partial charge in [0, 0.05) is 31.4 Å². The fraction of sp³-hybridized carbons (Fsp3) is 0.471. The highest BCUT2D eigenvalue weighted by Crippen LogP contribution is 2.26. The second-order valence-electron chi connectivity index (χ2n) is 5.70. The lowest BCUT2D eigenvalue weighted by Gasteiger charge is -2.32. The van der Waals surface area contributed by atoms with Crippen LogP contribution in [-0.2, 0) is 6.42 Å². The summed E-state index contributed by atoms with van der Waals surface area (Å²) in [6, 6.07) is 7.71. The molecule has 1 aromatic heterocycles. The summed E-state index contributed by atoms with van der Waals surface area (Å²) in [5.41, 5.74) is 1.22. The molecule has 2 aromatic rings. The molecule has 1 aliphatic heterocycles. The Labute approximate surface area is 140 Å². The van der Waals surface area contributed by atoms with Crippen LogP contribution in [0.2, 0.25) is 5.02 Å². The van der Waals surface area contributed by atoms with Crippen LogP contribution in [0.4, 0.5) is 0 Å². The zero-order valence-corrected chi connectivity index (χ0v) is 14.4. The van der Waals surface area contributed by atoms with E-state index >= 15 is 0 Å². The van der Waals surface area contributed by atoms with Crippen LogP contribution in [0.5, 0.6) is 5.75 Å². The van der Waals surface area contributed by atoms with Gasteiger partial charge < -0.3 is 9.64 Å². The summed E-state index contributed by atoms with van der Waals surface area (Å²) in [5, 5.41) is 4.02. The molecule has 0 aliphatic carbocycles. The quantitative estimate of drug-likeness (QED) is 0.818. The molecule has 2 heterocycles. The van der Waals surface area contributed by atoms with Gasteiger partial charge in [-0.25, -0.2) is 4.98 Å². The van der Waals surface area contributed by atoms with Gasteiger partial charge in [-0.05, 0) is 31.9 Å². The summed E-state index contributed by atoms with van der Waals surface area (Å²) in [5.74, 6) is 0.806. The maximum atomic E-state index is 6.15. The van der Waals surface area contributed by atoms with E-state index in [0.29, 0.717) is 5.02 Å². The van der Waals surface area contributed by atoms with Gasteiger partial charge in [-0.15, -0.1) is 11.3 Å². The van der Waals surface area contributed by atoms with Crippen LogP contribution < -0.4 is 4.74 Å². The predicted molar refractivity (Wildman–Crippen MR) is 92.1 cm³/mol. The molecule has 0 bridgehead atoms. The summed E-state index contributed by atoms with van der Waals surface area (Å²) in [4.78, 5) is 7.03. The predicted octanol–water partition coefficient (Wildman–Crippen LogP) is 4.19. The standard InChI is InChI=1S/C17H21ClN2OS/c1-13-19-14(12-22-13)6-9-20-10-7-15(8-11-20)21-17-5-3-2-4-16(17)18/h2-5,12,15H,6-11H2,1H3. The van der Waals surface area contributed by atoms with Crippen molar-refractivity contribution < 1.29 is 4.74 Å². The maximum absolute atomic E-state index is 6.15. The topological polar surface area (TPSA) is 25.4 Å². The fourth-order valence-corrected chi connectivity index (χ4v) is 3.59. The Hall–Kier alpha value is -1.10. The van der Waals surface area contributed by atoms with Gasteiger partial charge in [0.2, 0.25) is 0 Å². The summed E-state index contributed by atoms with van der Waals surface area (Å²) < 4.78 is 6.03. The lowest BCUT2D eigenvalue weighted by atomic mass is 10.1. The van der Waals surface area contributed by atoms with E-state index in [-0.39, 0.29) is 6.10 Å². The number of hydrogen-bond donors (Lipinski definition) is 0. The van der Waals surface area contributed by atoms with E-state index in [4.69, 9.17) is 16.3 Å². The highest BCUT2D eigenvalue weighted by Gasteiger charge is 2.21. The van der Waals surface area contributed by atoms with Crippen molar-refractivity contribution >= 4 is 22.9 Å². The number of ether oxygens (including phenoxy) is 1. The summed E-state index contributed by atoms with van der Waals surface area (Å²) >= 11 is 7.88. The number of halogens is 1. The Morgan fingerprint density at radius 3 is 2.77 bits per heavy atom. The van der Waals surface area contributed by atoms with Gasteiger partial charge >= 0.3 is 0 Å². The molecule has 1 fully saturated rings. The number of para-hydroxylation sites is 1. The monoisotopic (exact) mass is 336 g/mol. The Morgan fingerprint density at radius 1 is 1.32 bits per heavy atom. The largest absolute Gasteiger partial charge is 0.489 e. The molecule has 0 saturated carbocycles. The Bertz CT molecular complexity index is 608. The lowest BCUT2D eigenvalue weighted by molar-refractivity contribution is 0.101. The molecule has 0 radical (unpaired) electrons. The van der Waals surface area contributed by atoms with Crippen LogP contribution in [0.3, 0.4) is 0 Å². The van der Waals surface area contributed by atoms with Gasteiger partial charge in [-0.1, -0.05) is 23.7 Å². The number of benzene rings is 1. The van der Waals surface area contributed by atoms with Gasteiger partial charge in [0.25, 0.3) is 0 Å². The van der Waals surface area contributed by atoms with E-state index in [2.05, 4.69) is 22.2 Å². The molecule has 0 atom stereocenters. The minimum Gasteiger partial charge on any atom is -0.489 e. The molecule has 5 heteroatoms. The number of hydrogen-bond acceptors (Lipinski definition) is 4. The molecule has 0 N–H and O–H groups in total. The first-order chi connectivity index (χ1) is 10.7. The Morgan fingerprint density at radius 2 is 2.09 bits per heavy atom. The molecule has 1 saturated heterocycles. The van der Waals surface area contributed by atoms with Crippen LogP contribution >= 0.6 is 22.9 Å². The van der Waals surface area contributed by atoms with Crippen molar-refractivity contribution in [3.63, 3.8) is 0 Å². The summed E-state index contributed by atoms with van der Waals surface area (Å²) in [6.45, 7) is 5.31. The molecular weight excluding hydrogens is 316 g/mol. The number of aromatic nitrogens is 1. The van der Waals surface area contributed by atoms with Gasteiger partial charge in [0.1, 0.15) is 11.9 Å². The second-order valence-corrected chi connectivity index (χ2v) is 7.17. The van der Waals surface area contributed by atoms with E-state index in [1.165, 1.54) is 5.69 Å². The van der Waals surface area contributed by atoms with Gasteiger partial charge in [0.15, 0.2) is 0 Å². The smallest absolute Gasteiger partial charge is 0.138 e. The number of aryl methyl sites for hydroxylation is 1. The van der Waals surface area contributed by atoms with Crippen molar-refractivity contribution in [2.24, 2.45) is 0 Å². The third-order valence-corrected chi connectivity index (χ3v) is 5.15. The summed E-state index contributed by atoms with van der Waals surface area (Å²) in [7, 11) is 0. The molecule has 1 aromatic carbocycles. The first-order valence-electron chi connectivity index (χ1n) is 7.75. The molecule has 3 rings (SSSR count). The van der Waals surface area contributed by atoms with E-state index in [1.54, 1.807) is 11.3 Å². The molecular formula is C17H21ClN2OS. The van der Waals surface area contributed by atoms with Crippen LogP contribution in [0.15, 0.2) is 29.6 Å². The molecule has 22 heavy (non-hydrogen) atoms. The van der Waals surface area contributed by atoms with Crippen molar-refractivity contribution in [2.45, 2.75) is 32.3 Å². The normalized spacial score (nSPS) is 16.8. The van der Waals surface area contributed by atoms with Crippen LogP contribution in [0, 0.1) is 6.92 Å². The van der Waals surface area contributed by atoms with Gasteiger partial charge in [-0.2, -0.15) is 0 Å². The Kier molecular flexibility index (Phi) is 5.34. The van der Waals surface area contributed by atoms with Crippen molar-refractivity contribution in [3.05, 3.63) is 45.4 Å². The van der Waals surface area contributed by atoms with E-state index in [1.807, 2.05) is 24.3 Å². The zero-order valence-electron chi connectivity index (χ0n) is 12.8. The number of thiazole rings is 1. The summed E-state index contributed by atoms with van der Waals surface area (Å²) in [6.07, 6.45) is 3.43. The molecule has 0 spiro atoms. The molecule has 3 nitrogen and oxygen atoms in total. The fourth-order valence-electron chi connectivity index (χ4n) is 2.77. The molecule has 1 aliphatic rings. The van der Waals surface area contributed by atoms with Crippen LogP contribution in [0.25, 0.3) is 0 Å². The molecule has 118 valence electrons. The number of nitrogens with zero attached hydrogens (tertiary/aromatic N) is 2. The van der Waals surface area contributed by atoms with E-state index in [9.17, 15) is 0 Å². The molecule has 0 unspecified atom stereocenters. The van der Waals surface area contributed by atoms with Gasteiger partial charge in [-0.3, -0.25) is 0 Å². The van der Waals surface area contributed by atoms with Gasteiger partial charge in [0.05, 0.1) is 15.7 Å². The van der Waals surface area contributed by atoms with E-state index < -0.39 is 0 Å². The van der Waals surface area contributed by atoms with E-state index in [0.717, 1.165) is 49.7 Å². The molecule has 0 amide bonds. The van der Waals surface area contributed by atoms with Crippen molar-refractivity contribution in [3.8, 4) is 5.75 Å². The minimum absolute atomic E-state index is 0.276. The number of rotatable bonds is 5. The van der Waals surface area contributed by atoms with Crippen molar-refractivity contribution in [1.82, 2.24) is 9.88 Å². The maximum Gasteiger partial charge on any atom is 0.138 e. The third-order valence-electron chi connectivity index (χ3n) is 4.02. The lowest BCUT2D eigenvalue weighted by Crippen LogP contribution is -2.39. The SMILES string of the molecule is Cc1nc(CCN2CCC(Oc3ccccc3Cl)CC2)cs1. The first-order valence-corrected chi connectivity index (χ1v) is 9.01. The van der Waals surface area contributed by atoms with Crippen LogP contribution in [-0.4, -0.2) is 35.6 Å². The van der Waals surface area contributed by atoms with Crippen molar-refractivity contribution in [1.29, 1.82) is 0 Å². The van der Waals surface area contributed by atoms with Crippen LogP contribution in [0.1, 0.15) is 23.5 Å².